The van der Waals surface area contributed by atoms with Crippen molar-refractivity contribution in [1.29, 1.82) is 0 Å². The van der Waals surface area contributed by atoms with Gasteiger partial charge in [0.1, 0.15) is 5.75 Å². The third-order valence-corrected chi connectivity index (χ3v) is 8.92. The maximum atomic E-state index is 14.7. The number of carbonyl (C=O) groups excluding carboxylic acids is 3. The Morgan fingerprint density at radius 2 is 1.46 bits per heavy atom. The molecule has 6 aromatic rings. The van der Waals surface area contributed by atoms with Crippen molar-refractivity contribution in [2.75, 3.05) is 25.2 Å². The third-order valence-electron chi connectivity index (χ3n) is 8.92. The number of methoxy groups -OCH3 is 1. The van der Waals surface area contributed by atoms with Crippen LogP contribution in [0.2, 0.25) is 0 Å². The number of hydrogen-bond acceptors (Lipinski definition) is 7. The first-order valence-electron chi connectivity index (χ1n) is 16.3. The van der Waals surface area contributed by atoms with Crippen LogP contribution in [0, 0.1) is 0 Å². The molecule has 10 nitrogen and oxygen atoms in total. The van der Waals surface area contributed by atoms with Gasteiger partial charge in [0.25, 0.3) is 11.8 Å². The van der Waals surface area contributed by atoms with Gasteiger partial charge in [0.2, 0.25) is 0 Å². The Hall–Kier alpha value is -6.26. The van der Waals surface area contributed by atoms with Crippen molar-refractivity contribution in [2.45, 2.75) is 19.0 Å². The van der Waals surface area contributed by atoms with Gasteiger partial charge in [0.05, 0.1) is 23.9 Å². The average molecular weight is 666 g/mol. The fourth-order valence-electron chi connectivity index (χ4n) is 6.40. The molecule has 250 valence electrons. The zero-order valence-electron chi connectivity index (χ0n) is 27.4. The number of esters is 1. The monoisotopic (exact) mass is 665 g/mol. The van der Waals surface area contributed by atoms with Gasteiger partial charge in [-0.25, -0.2) is 9.48 Å². The van der Waals surface area contributed by atoms with E-state index in [2.05, 4.69) is 6.07 Å². The van der Waals surface area contributed by atoms with E-state index in [4.69, 9.17) is 20.3 Å². The standard InChI is InChI=1S/C40H35N5O5/c1-49-37(46)26-50-32-20-21-33-36(23-32)45(42-38(33)40(48)44(29-14-4-2-5-15-29)30-16-6-3-7-17-30)35-19-11-10-18-34(35)39(47)43-25-28-13-9-8-12-27(28)22-31(43)24-41/h2-21,23,31H,22,24-26,41H2,1H3/t31-/m0/s1. The predicted molar refractivity (Wildman–Crippen MR) is 191 cm³/mol. The summed E-state index contributed by atoms with van der Waals surface area (Å²) in [7, 11) is 1.29. The quantitative estimate of drug-likeness (QED) is 0.186. The minimum absolute atomic E-state index is 0.168. The molecule has 0 fully saturated rings. The van der Waals surface area contributed by atoms with Crippen molar-refractivity contribution in [3.63, 3.8) is 0 Å². The van der Waals surface area contributed by atoms with E-state index in [0.717, 1.165) is 5.56 Å². The minimum Gasteiger partial charge on any atom is -0.482 e. The number of fused-ring (bicyclic) bond motifs is 2. The average Bonchev–Trinajstić information content (AvgIpc) is 3.55. The van der Waals surface area contributed by atoms with Crippen LogP contribution in [0.25, 0.3) is 16.6 Å². The number of nitrogens with zero attached hydrogens (tertiary/aromatic N) is 4. The second kappa shape index (κ2) is 14.1. The Labute approximate surface area is 289 Å². The van der Waals surface area contributed by atoms with Gasteiger partial charge in [-0.1, -0.05) is 72.8 Å². The van der Waals surface area contributed by atoms with Crippen molar-refractivity contribution < 1.29 is 23.9 Å². The van der Waals surface area contributed by atoms with Crippen LogP contribution in [0.3, 0.4) is 0 Å². The lowest BCUT2D eigenvalue weighted by molar-refractivity contribution is -0.142. The Bertz CT molecular complexity index is 2140. The smallest absolute Gasteiger partial charge is 0.343 e. The Balaban J connectivity index is 1.37. The summed E-state index contributed by atoms with van der Waals surface area (Å²) in [4.78, 5) is 44.5. The van der Waals surface area contributed by atoms with E-state index in [0.29, 0.717) is 58.8 Å². The number of ether oxygens (including phenoxy) is 2. The molecule has 2 heterocycles. The number of hydrogen-bond donors (Lipinski definition) is 1. The summed E-state index contributed by atoms with van der Waals surface area (Å²) < 4.78 is 12.1. The molecule has 50 heavy (non-hydrogen) atoms. The molecule has 2 amide bonds. The van der Waals surface area contributed by atoms with E-state index in [-0.39, 0.29) is 30.2 Å². The number of benzene rings is 5. The number of rotatable bonds is 9. The zero-order chi connectivity index (χ0) is 34.6. The number of para-hydroxylation sites is 3. The van der Waals surface area contributed by atoms with Crippen molar-refractivity contribution in [2.24, 2.45) is 5.73 Å². The van der Waals surface area contributed by atoms with Crippen LogP contribution >= 0.6 is 0 Å². The number of carbonyl (C=O) groups is 3. The highest BCUT2D eigenvalue weighted by molar-refractivity contribution is 6.16. The molecule has 0 unspecified atom stereocenters. The Kier molecular flexibility index (Phi) is 9.09. The van der Waals surface area contributed by atoms with Gasteiger partial charge in [-0.2, -0.15) is 5.10 Å². The Morgan fingerprint density at radius 3 is 2.14 bits per heavy atom. The van der Waals surface area contributed by atoms with E-state index in [1.54, 1.807) is 46.0 Å². The van der Waals surface area contributed by atoms with Gasteiger partial charge in [-0.05, 0) is 66.1 Å². The first-order chi connectivity index (χ1) is 24.5. The highest BCUT2D eigenvalue weighted by Crippen LogP contribution is 2.33. The molecule has 1 aliphatic rings. The zero-order valence-corrected chi connectivity index (χ0v) is 27.4. The van der Waals surface area contributed by atoms with Crippen LogP contribution < -0.4 is 15.4 Å². The topological polar surface area (TPSA) is 120 Å². The van der Waals surface area contributed by atoms with E-state index < -0.39 is 5.97 Å². The van der Waals surface area contributed by atoms with Crippen LogP contribution in [0.4, 0.5) is 11.4 Å². The molecular formula is C40H35N5O5. The van der Waals surface area contributed by atoms with Gasteiger partial charge in [-0.15, -0.1) is 0 Å². The summed E-state index contributed by atoms with van der Waals surface area (Å²) >= 11 is 0. The molecule has 0 radical (unpaired) electrons. The maximum Gasteiger partial charge on any atom is 0.343 e. The van der Waals surface area contributed by atoms with Crippen LogP contribution in [-0.2, 0) is 22.5 Å². The molecule has 0 spiro atoms. The molecule has 10 heteroatoms. The van der Waals surface area contributed by atoms with Gasteiger partial charge in [-0.3, -0.25) is 14.5 Å². The van der Waals surface area contributed by atoms with Crippen molar-refractivity contribution in [3.05, 3.63) is 150 Å². The number of nitrogens with two attached hydrogens (primary N) is 1. The fourth-order valence-corrected chi connectivity index (χ4v) is 6.40. The van der Waals surface area contributed by atoms with E-state index in [1.807, 2.05) is 89.8 Å². The first kappa shape index (κ1) is 32.3. The number of amides is 2. The molecule has 5 aromatic carbocycles. The first-order valence-corrected chi connectivity index (χ1v) is 16.3. The Morgan fingerprint density at radius 1 is 0.820 bits per heavy atom. The SMILES string of the molecule is COC(=O)COc1ccc2c(C(=O)N(c3ccccc3)c3ccccc3)nn(-c3ccccc3C(=O)N3Cc4ccccc4C[C@H]3CN)c2c1. The minimum atomic E-state index is -0.538. The number of aromatic nitrogens is 2. The van der Waals surface area contributed by atoms with Gasteiger partial charge < -0.3 is 20.1 Å². The molecule has 0 bridgehead atoms. The molecule has 2 N–H and O–H groups in total. The summed E-state index contributed by atoms with van der Waals surface area (Å²) in [5.41, 5.74) is 11.4. The summed E-state index contributed by atoms with van der Waals surface area (Å²) in [5.74, 6) is -0.737. The maximum absolute atomic E-state index is 14.7. The fraction of sp³-hybridized carbons (Fsp3) is 0.150. The molecule has 7 rings (SSSR count). The molecule has 0 saturated heterocycles. The second-order valence-electron chi connectivity index (χ2n) is 11.9. The van der Waals surface area contributed by atoms with Crippen LogP contribution in [0.15, 0.2) is 127 Å². The number of anilines is 2. The lowest BCUT2D eigenvalue weighted by Gasteiger charge is -2.36. The third kappa shape index (κ3) is 6.20. The summed E-state index contributed by atoms with van der Waals surface area (Å²) in [5, 5.41) is 5.46. The largest absolute Gasteiger partial charge is 0.482 e. The van der Waals surface area contributed by atoms with Gasteiger partial charge in [0, 0.05) is 42.0 Å². The normalized spacial score (nSPS) is 13.8. The molecular weight excluding hydrogens is 630 g/mol. The predicted octanol–water partition coefficient (Wildman–Crippen LogP) is 6.08. The molecule has 1 aliphatic heterocycles. The highest BCUT2D eigenvalue weighted by atomic mass is 16.6. The highest BCUT2D eigenvalue weighted by Gasteiger charge is 2.32. The molecule has 1 atom stereocenters. The van der Waals surface area contributed by atoms with Crippen molar-refractivity contribution in [1.82, 2.24) is 14.7 Å². The summed E-state index contributed by atoms with van der Waals surface area (Å²) in [6, 6.07) is 38.9. The lowest BCUT2D eigenvalue weighted by atomic mass is 9.93. The van der Waals surface area contributed by atoms with E-state index >= 15 is 0 Å². The van der Waals surface area contributed by atoms with Gasteiger partial charge >= 0.3 is 5.97 Å². The van der Waals surface area contributed by atoms with Crippen LogP contribution in [0.5, 0.6) is 5.75 Å². The molecule has 0 saturated carbocycles. The van der Waals surface area contributed by atoms with Crippen molar-refractivity contribution in [3.8, 4) is 11.4 Å². The molecule has 0 aliphatic carbocycles. The van der Waals surface area contributed by atoms with E-state index in [1.165, 1.54) is 12.7 Å². The van der Waals surface area contributed by atoms with Crippen LogP contribution in [-0.4, -0.2) is 58.8 Å². The van der Waals surface area contributed by atoms with Gasteiger partial charge in [0.15, 0.2) is 12.3 Å². The lowest BCUT2D eigenvalue weighted by Crippen LogP contribution is -2.48. The van der Waals surface area contributed by atoms with Crippen molar-refractivity contribution >= 4 is 40.1 Å². The van der Waals surface area contributed by atoms with E-state index in [9.17, 15) is 14.4 Å². The van der Waals surface area contributed by atoms with Crippen LogP contribution in [0.1, 0.15) is 32.0 Å². The molecule has 1 aromatic heterocycles. The second-order valence-corrected chi connectivity index (χ2v) is 11.9. The summed E-state index contributed by atoms with van der Waals surface area (Å²) in [6.07, 6.45) is 0.652. The summed E-state index contributed by atoms with van der Waals surface area (Å²) in [6.45, 7) is 0.425.